The van der Waals surface area contributed by atoms with Gasteiger partial charge < -0.3 is 14.2 Å². The Labute approximate surface area is 423 Å². The molecule has 1 atom stereocenters. The van der Waals surface area contributed by atoms with Gasteiger partial charge in [0.15, 0.2) is 6.10 Å². The van der Waals surface area contributed by atoms with E-state index in [0.29, 0.717) is 19.4 Å². The van der Waals surface area contributed by atoms with Crippen molar-refractivity contribution in [2.75, 3.05) is 19.8 Å². The Morgan fingerprint density at radius 3 is 1.07 bits per heavy atom. The van der Waals surface area contributed by atoms with Gasteiger partial charge in [0, 0.05) is 19.4 Å². The molecule has 0 aliphatic heterocycles. The smallest absolute Gasteiger partial charge is 0.306 e. The third-order valence-corrected chi connectivity index (χ3v) is 12.7. The van der Waals surface area contributed by atoms with E-state index < -0.39 is 6.10 Å². The van der Waals surface area contributed by atoms with Crippen LogP contribution < -0.4 is 0 Å². The van der Waals surface area contributed by atoms with Crippen molar-refractivity contribution in [3.63, 3.8) is 0 Å². The van der Waals surface area contributed by atoms with E-state index in [1.165, 1.54) is 173 Å². The van der Waals surface area contributed by atoms with Gasteiger partial charge in [-0.2, -0.15) is 0 Å². The predicted octanol–water partition coefficient (Wildman–Crippen LogP) is 20.2. The summed E-state index contributed by atoms with van der Waals surface area (Å²) in [7, 11) is 0. The van der Waals surface area contributed by atoms with E-state index in [1.54, 1.807) is 0 Å². The van der Waals surface area contributed by atoms with Crippen molar-refractivity contribution in [1.82, 2.24) is 0 Å². The first-order chi connectivity index (χ1) is 33.6. The van der Waals surface area contributed by atoms with Gasteiger partial charge in [-0.3, -0.25) is 9.59 Å². The average molecular weight is 950 g/mol. The lowest BCUT2D eigenvalue weighted by molar-refractivity contribution is -0.163. The van der Waals surface area contributed by atoms with E-state index in [4.69, 9.17) is 14.2 Å². The largest absolute Gasteiger partial charge is 0.462 e. The number of esters is 2. The van der Waals surface area contributed by atoms with Crippen molar-refractivity contribution in [2.45, 2.75) is 297 Å². The highest BCUT2D eigenvalue weighted by Gasteiger charge is 2.17. The summed E-state index contributed by atoms with van der Waals surface area (Å²) >= 11 is 0. The summed E-state index contributed by atoms with van der Waals surface area (Å²) in [6.45, 7) is 7.70. The number of rotatable bonds is 54. The minimum absolute atomic E-state index is 0.0747. The molecule has 0 aromatic rings. The molecular weight excluding hydrogens is 837 g/mol. The standard InChI is InChI=1S/C63H112O5/c1-4-7-10-13-16-19-22-25-28-30-31-32-34-37-40-43-46-49-52-55-58-66-59-61(68-63(65)57-54-51-48-45-42-39-35-27-24-21-18-15-12-9-6-3)60-67-62(64)56-53-50-47-44-41-38-36-33-29-26-23-20-17-14-11-8-5-2/h7,10,16,19,25-29,31-32,35,61H,4-6,8-9,11-15,17-18,20-24,30,33-34,36-60H2,1-3H3/b10-7-,19-16-,28-25-,29-26-,32-31-,35-27-. The van der Waals surface area contributed by atoms with Crippen LogP contribution in [0.2, 0.25) is 0 Å². The highest BCUT2D eigenvalue weighted by atomic mass is 16.6. The van der Waals surface area contributed by atoms with Gasteiger partial charge >= 0.3 is 11.9 Å². The van der Waals surface area contributed by atoms with E-state index in [0.717, 1.165) is 83.5 Å². The topological polar surface area (TPSA) is 61.8 Å². The summed E-state index contributed by atoms with van der Waals surface area (Å²) in [4.78, 5) is 25.5. The maximum absolute atomic E-state index is 12.9. The van der Waals surface area contributed by atoms with Crippen LogP contribution in [0.15, 0.2) is 72.9 Å². The summed E-state index contributed by atoms with van der Waals surface area (Å²) < 4.78 is 17.5. The molecule has 0 aromatic heterocycles. The minimum atomic E-state index is -0.551. The zero-order valence-corrected chi connectivity index (χ0v) is 45.4. The van der Waals surface area contributed by atoms with Crippen molar-refractivity contribution in [2.24, 2.45) is 0 Å². The van der Waals surface area contributed by atoms with Gasteiger partial charge in [0.1, 0.15) is 6.61 Å². The number of unbranched alkanes of at least 4 members (excludes halogenated alkanes) is 31. The highest BCUT2D eigenvalue weighted by molar-refractivity contribution is 5.70. The molecule has 0 amide bonds. The van der Waals surface area contributed by atoms with Crippen molar-refractivity contribution in [3.8, 4) is 0 Å². The highest BCUT2D eigenvalue weighted by Crippen LogP contribution is 2.15. The summed E-state index contributed by atoms with van der Waals surface area (Å²) in [6.07, 6.45) is 76.4. The van der Waals surface area contributed by atoms with Crippen LogP contribution in [0.3, 0.4) is 0 Å². The Morgan fingerprint density at radius 1 is 0.338 bits per heavy atom. The van der Waals surface area contributed by atoms with Gasteiger partial charge in [-0.25, -0.2) is 0 Å². The van der Waals surface area contributed by atoms with Crippen molar-refractivity contribution in [3.05, 3.63) is 72.9 Å². The second-order valence-corrected chi connectivity index (χ2v) is 19.5. The predicted molar refractivity (Wildman–Crippen MR) is 297 cm³/mol. The SMILES string of the molecule is CC/C=C\C/C=C\C/C=C\C/C=C\CCCCCCCCCOCC(COC(=O)CCCCCCCCC/C=C\CCCCCCCC)OC(=O)CCCCCCC/C=C\CCCCCCCC. The number of hydrogen-bond acceptors (Lipinski definition) is 5. The van der Waals surface area contributed by atoms with Crippen LogP contribution in [0.1, 0.15) is 290 Å². The molecule has 0 heterocycles. The van der Waals surface area contributed by atoms with Crippen LogP contribution in [0, 0.1) is 0 Å². The molecule has 68 heavy (non-hydrogen) atoms. The van der Waals surface area contributed by atoms with Crippen LogP contribution in [-0.2, 0) is 23.8 Å². The molecule has 0 spiro atoms. The van der Waals surface area contributed by atoms with Crippen molar-refractivity contribution in [1.29, 1.82) is 0 Å². The number of hydrogen-bond donors (Lipinski definition) is 0. The van der Waals surface area contributed by atoms with Crippen molar-refractivity contribution < 1.29 is 23.8 Å². The quantitative estimate of drug-likeness (QED) is 0.0345. The van der Waals surface area contributed by atoms with Crippen LogP contribution in [0.4, 0.5) is 0 Å². The maximum Gasteiger partial charge on any atom is 0.306 e. The Morgan fingerprint density at radius 2 is 0.662 bits per heavy atom. The molecule has 0 aromatic carbocycles. The van der Waals surface area contributed by atoms with E-state index in [9.17, 15) is 9.59 Å². The van der Waals surface area contributed by atoms with Crippen LogP contribution >= 0.6 is 0 Å². The normalized spacial score (nSPS) is 12.7. The number of carbonyl (C=O) groups excluding carboxylic acids is 2. The minimum Gasteiger partial charge on any atom is -0.462 e. The third kappa shape index (κ3) is 55.9. The Balaban J connectivity index is 4.30. The van der Waals surface area contributed by atoms with Gasteiger partial charge in [0.2, 0.25) is 0 Å². The molecular formula is C63H112O5. The van der Waals surface area contributed by atoms with Gasteiger partial charge in [0.25, 0.3) is 0 Å². The first-order valence-corrected chi connectivity index (χ1v) is 29.5. The first-order valence-electron chi connectivity index (χ1n) is 29.5. The van der Waals surface area contributed by atoms with Gasteiger partial charge in [0.05, 0.1) is 6.61 Å². The number of ether oxygens (including phenoxy) is 3. The van der Waals surface area contributed by atoms with E-state index in [-0.39, 0.29) is 25.2 Å². The lowest BCUT2D eigenvalue weighted by atomic mass is 10.1. The summed E-state index contributed by atoms with van der Waals surface area (Å²) in [5.41, 5.74) is 0. The first kappa shape index (κ1) is 65.3. The molecule has 394 valence electrons. The van der Waals surface area contributed by atoms with Gasteiger partial charge in [-0.15, -0.1) is 0 Å². The Hall–Kier alpha value is -2.66. The lowest BCUT2D eigenvalue weighted by Crippen LogP contribution is -2.30. The van der Waals surface area contributed by atoms with Gasteiger partial charge in [-0.05, 0) is 109 Å². The van der Waals surface area contributed by atoms with Crippen molar-refractivity contribution >= 4 is 11.9 Å². The molecule has 0 saturated heterocycles. The van der Waals surface area contributed by atoms with Crippen LogP contribution in [0.5, 0.6) is 0 Å². The van der Waals surface area contributed by atoms with Crippen LogP contribution in [0.25, 0.3) is 0 Å². The Bertz CT molecular complexity index is 1210. The Kier molecular flexibility index (Phi) is 56.4. The van der Waals surface area contributed by atoms with E-state index in [1.807, 2.05) is 0 Å². The molecule has 0 N–H and O–H groups in total. The zero-order chi connectivity index (χ0) is 49.2. The molecule has 5 nitrogen and oxygen atoms in total. The average Bonchev–Trinajstić information content (AvgIpc) is 3.34. The molecule has 0 bridgehead atoms. The molecule has 0 fully saturated rings. The van der Waals surface area contributed by atoms with Gasteiger partial charge in [-0.1, -0.05) is 241 Å². The third-order valence-electron chi connectivity index (χ3n) is 12.7. The van der Waals surface area contributed by atoms with Crippen LogP contribution in [-0.4, -0.2) is 37.9 Å². The number of allylic oxidation sites excluding steroid dienone is 12. The molecule has 0 saturated carbocycles. The second kappa shape index (κ2) is 58.7. The monoisotopic (exact) mass is 949 g/mol. The molecule has 5 heteroatoms. The number of carbonyl (C=O) groups is 2. The molecule has 0 radical (unpaired) electrons. The van der Waals surface area contributed by atoms with E-state index in [2.05, 4.69) is 93.7 Å². The summed E-state index contributed by atoms with van der Waals surface area (Å²) in [6, 6.07) is 0. The molecule has 0 aliphatic rings. The second-order valence-electron chi connectivity index (χ2n) is 19.5. The molecule has 1 unspecified atom stereocenters. The fraction of sp³-hybridized carbons (Fsp3) is 0.778. The fourth-order valence-corrected chi connectivity index (χ4v) is 8.32. The van der Waals surface area contributed by atoms with E-state index >= 15 is 0 Å². The summed E-state index contributed by atoms with van der Waals surface area (Å²) in [5, 5.41) is 0. The molecule has 0 rings (SSSR count). The summed E-state index contributed by atoms with van der Waals surface area (Å²) in [5.74, 6) is -0.409. The fourth-order valence-electron chi connectivity index (χ4n) is 8.32. The molecule has 0 aliphatic carbocycles. The lowest BCUT2D eigenvalue weighted by Gasteiger charge is -2.18. The maximum atomic E-state index is 12.9. The zero-order valence-electron chi connectivity index (χ0n) is 45.4.